The number of hydrogen-bond donors (Lipinski definition) is 2. The highest BCUT2D eigenvalue weighted by Gasteiger charge is 2.26. The van der Waals surface area contributed by atoms with E-state index in [-0.39, 0.29) is 11.8 Å². The third-order valence-corrected chi connectivity index (χ3v) is 3.83. The van der Waals surface area contributed by atoms with Gasteiger partial charge in [0, 0.05) is 18.5 Å². The molecule has 0 atom stereocenters. The van der Waals surface area contributed by atoms with Gasteiger partial charge in [-0.3, -0.25) is 4.79 Å². The number of likely N-dealkylation sites (tertiary alicyclic amines) is 1. The highest BCUT2D eigenvalue weighted by Crippen LogP contribution is 2.18. The standard InChI is InChI=1S/C14H20N2O3/c1-9-12(14(18)19-3)10(2)15-13(9)11(17)8-16-6-4-5-7-16/h15H,4-8H2,1-3H3/p+1. The van der Waals surface area contributed by atoms with E-state index in [2.05, 4.69) is 4.98 Å². The summed E-state index contributed by atoms with van der Waals surface area (Å²) in [6, 6.07) is 0. The van der Waals surface area contributed by atoms with E-state index in [4.69, 9.17) is 4.74 Å². The van der Waals surface area contributed by atoms with Crippen LogP contribution in [0.2, 0.25) is 0 Å². The maximum Gasteiger partial charge on any atom is 0.339 e. The number of methoxy groups -OCH3 is 1. The molecule has 0 aliphatic carbocycles. The van der Waals surface area contributed by atoms with Crippen LogP contribution in [0.4, 0.5) is 0 Å². The second kappa shape index (κ2) is 5.57. The fraction of sp³-hybridized carbons (Fsp3) is 0.571. The van der Waals surface area contributed by atoms with Gasteiger partial charge in [0.1, 0.15) is 6.54 Å². The molecule has 1 aliphatic rings. The predicted octanol–water partition coefficient (Wildman–Crippen LogP) is 0.280. The van der Waals surface area contributed by atoms with Crippen molar-refractivity contribution in [2.75, 3.05) is 26.7 Å². The lowest BCUT2D eigenvalue weighted by atomic mass is 10.1. The Labute approximate surface area is 112 Å². The number of H-pyrrole nitrogens is 1. The molecule has 2 heterocycles. The van der Waals surface area contributed by atoms with Gasteiger partial charge in [0.05, 0.1) is 31.5 Å². The zero-order chi connectivity index (χ0) is 14.0. The third-order valence-electron chi connectivity index (χ3n) is 3.83. The van der Waals surface area contributed by atoms with Crippen molar-refractivity contribution in [3.05, 3.63) is 22.5 Å². The number of aromatic nitrogens is 1. The molecule has 1 aromatic heterocycles. The SMILES string of the molecule is COC(=O)c1c(C)[nH]c(C(=O)C[NH+]2CCCC2)c1C. The van der Waals surface area contributed by atoms with E-state index in [1.807, 2.05) is 0 Å². The Morgan fingerprint density at radius 1 is 1.26 bits per heavy atom. The minimum Gasteiger partial charge on any atom is -0.465 e. The Kier molecular flexibility index (Phi) is 4.04. The van der Waals surface area contributed by atoms with Crippen LogP contribution < -0.4 is 4.90 Å². The summed E-state index contributed by atoms with van der Waals surface area (Å²) in [6.45, 7) is 6.21. The summed E-state index contributed by atoms with van der Waals surface area (Å²) < 4.78 is 4.75. The second-order valence-electron chi connectivity index (χ2n) is 5.17. The van der Waals surface area contributed by atoms with Crippen LogP contribution in [-0.2, 0) is 4.74 Å². The molecule has 1 saturated heterocycles. The van der Waals surface area contributed by atoms with Crippen LogP contribution in [0.3, 0.4) is 0 Å². The predicted molar refractivity (Wildman–Crippen MR) is 70.7 cm³/mol. The number of carbonyl (C=O) groups is 2. The van der Waals surface area contributed by atoms with E-state index in [0.29, 0.717) is 29.1 Å². The van der Waals surface area contributed by atoms with Gasteiger partial charge in [0.2, 0.25) is 5.78 Å². The van der Waals surface area contributed by atoms with Crippen molar-refractivity contribution >= 4 is 11.8 Å². The van der Waals surface area contributed by atoms with E-state index < -0.39 is 0 Å². The molecule has 2 N–H and O–H groups in total. The number of nitrogens with one attached hydrogen (secondary N) is 2. The summed E-state index contributed by atoms with van der Waals surface area (Å²) in [7, 11) is 1.35. The fourth-order valence-electron chi connectivity index (χ4n) is 2.80. The van der Waals surface area contributed by atoms with Crippen molar-refractivity contribution < 1.29 is 19.2 Å². The molecule has 104 valence electrons. The molecule has 1 aliphatic heterocycles. The molecule has 19 heavy (non-hydrogen) atoms. The highest BCUT2D eigenvalue weighted by molar-refractivity contribution is 6.01. The maximum absolute atomic E-state index is 12.3. The lowest BCUT2D eigenvalue weighted by Gasteiger charge is -2.10. The molecule has 1 fully saturated rings. The molecule has 0 unspecified atom stereocenters. The van der Waals surface area contributed by atoms with E-state index in [0.717, 1.165) is 13.1 Å². The van der Waals surface area contributed by atoms with Crippen molar-refractivity contribution in [3.8, 4) is 0 Å². The first-order valence-electron chi connectivity index (χ1n) is 6.68. The molecule has 0 amide bonds. The van der Waals surface area contributed by atoms with E-state index in [1.165, 1.54) is 24.9 Å². The van der Waals surface area contributed by atoms with Gasteiger partial charge in [-0.05, 0) is 19.4 Å². The topological polar surface area (TPSA) is 63.6 Å². The average Bonchev–Trinajstić information content (AvgIpc) is 2.97. The summed E-state index contributed by atoms with van der Waals surface area (Å²) >= 11 is 0. The van der Waals surface area contributed by atoms with Gasteiger partial charge in [0.25, 0.3) is 0 Å². The highest BCUT2D eigenvalue weighted by atomic mass is 16.5. The number of ether oxygens (including phenoxy) is 1. The molecular weight excluding hydrogens is 244 g/mol. The van der Waals surface area contributed by atoms with Gasteiger partial charge in [0.15, 0.2) is 0 Å². The van der Waals surface area contributed by atoms with Crippen LogP contribution in [0.1, 0.15) is 44.9 Å². The summed E-state index contributed by atoms with van der Waals surface area (Å²) in [4.78, 5) is 28.3. The van der Waals surface area contributed by atoms with Crippen molar-refractivity contribution in [1.29, 1.82) is 0 Å². The zero-order valence-electron chi connectivity index (χ0n) is 11.8. The number of rotatable bonds is 4. The first-order valence-corrected chi connectivity index (χ1v) is 6.68. The Balaban J connectivity index is 2.20. The largest absolute Gasteiger partial charge is 0.465 e. The number of aryl methyl sites for hydroxylation is 1. The molecule has 5 heteroatoms. The Hall–Kier alpha value is -1.62. The third kappa shape index (κ3) is 2.71. The Morgan fingerprint density at radius 2 is 1.89 bits per heavy atom. The Morgan fingerprint density at radius 3 is 2.47 bits per heavy atom. The Bertz CT molecular complexity index is 499. The minimum absolute atomic E-state index is 0.0765. The van der Waals surface area contributed by atoms with Gasteiger partial charge >= 0.3 is 5.97 Å². The number of Topliss-reactive ketones (excluding diaryl/α,β-unsaturated/α-hetero) is 1. The molecule has 0 saturated carbocycles. The van der Waals surface area contributed by atoms with Crippen molar-refractivity contribution in [3.63, 3.8) is 0 Å². The molecule has 0 aromatic carbocycles. The van der Waals surface area contributed by atoms with Gasteiger partial charge in [-0.1, -0.05) is 0 Å². The van der Waals surface area contributed by atoms with Crippen LogP contribution in [0.5, 0.6) is 0 Å². The molecule has 2 rings (SSSR count). The van der Waals surface area contributed by atoms with E-state index in [1.54, 1.807) is 13.8 Å². The number of esters is 1. The minimum atomic E-state index is -0.390. The van der Waals surface area contributed by atoms with E-state index in [9.17, 15) is 9.59 Å². The van der Waals surface area contributed by atoms with Crippen LogP contribution in [0.15, 0.2) is 0 Å². The summed E-state index contributed by atoms with van der Waals surface area (Å²) in [5.74, 6) is -0.313. The normalized spacial score (nSPS) is 15.7. The lowest BCUT2D eigenvalue weighted by Crippen LogP contribution is -3.10. The van der Waals surface area contributed by atoms with Gasteiger partial charge in [-0.25, -0.2) is 4.79 Å². The van der Waals surface area contributed by atoms with Crippen molar-refractivity contribution in [2.45, 2.75) is 26.7 Å². The number of hydrogen-bond acceptors (Lipinski definition) is 3. The van der Waals surface area contributed by atoms with Gasteiger partial charge < -0.3 is 14.6 Å². The first-order chi connectivity index (χ1) is 9.04. The van der Waals surface area contributed by atoms with Gasteiger partial charge in [-0.15, -0.1) is 0 Å². The average molecular weight is 265 g/mol. The smallest absolute Gasteiger partial charge is 0.339 e. The van der Waals surface area contributed by atoms with Crippen LogP contribution in [0, 0.1) is 13.8 Å². The monoisotopic (exact) mass is 265 g/mol. The molecule has 0 radical (unpaired) electrons. The summed E-state index contributed by atoms with van der Waals surface area (Å²) in [5.41, 5.74) is 2.44. The lowest BCUT2D eigenvalue weighted by molar-refractivity contribution is -0.878. The number of aromatic amines is 1. The van der Waals surface area contributed by atoms with Crippen LogP contribution >= 0.6 is 0 Å². The number of carbonyl (C=O) groups excluding carboxylic acids is 2. The van der Waals surface area contributed by atoms with Gasteiger partial charge in [-0.2, -0.15) is 0 Å². The quantitative estimate of drug-likeness (QED) is 0.607. The van der Waals surface area contributed by atoms with Crippen molar-refractivity contribution in [2.24, 2.45) is 0 Å². The summed E-state index contributed by atoms with van der Waals surface area (Å²) in [6.07, 6.45) is 2.39. The molecule has 0 spiro atoms. The molecule has 5 nitrogen and oxygen atoms in total. The first kappa shape index (κ1) is 13.8. The maximum atomic E-state index is 12.3. The van der Waals surface area contributed by atoms with Crippen LogP contribution in [0.25, 0.3) is 0 Å². The van der Waals surface area contributed by atoms with Crippen LogP contribution in [-0.4, -0.2) is 43.5 Å². The second-order valence-corrected chi connectivity index (χ2v) is 5.17. The molecule has 1 aromatic rings. The zero-order valence-corrected chi connectivity index (χ0v) is 11.8. The molecule has 0 bridgehead atoms. The fourth-order valence-corrected chi connectivity index (χ4v) is 2.80. The van der Waals surface area contributed by atoms with Crippen molar-refractivity contribution in [1.82, 2.24) is 4.98 Å². The number of quaternary nitrogens is 1. The molecular formula is C14H21N2O3+. The number of ketones is 1. The van der Waals surface area contributed by atoms with E-state index >= 15 is 0 Å². The summed E-state index contributed by atoms with van der Waals surface area (Å²) in [5, 5.41) is 0.